The van der Waals surface area contributed by atoms with Crippen molar-refractivity contribution in [3.63, 3.8) is 0 Å². The zero-order valence-electron chi connectivity index (χ0n) is 12.9. The predicted octanol–water partition coefficient (Wildman–Crippen LogP) is 4.27. The highest BCUT2D eigenvalue weighted by molar-refractivity contribution is 7.14. The van der Waals surface area contributed by atoms with Crippen LogP contribution in [0.4, 0.5) is 0 Å². The normalized spacial score (nSPS) is 11.1. The minimum Gasteiger partial charge on any atom is -0.396 e. The fraction of sp³-hybridized carbons (Fsp3) is 0.294. The van der Waals surface area contributed by atoms with E-state index in [9.17, 15) is 0 Å². The van der Waals surface area contributed by atoms with Crippen LogP contribution in [0.2, 0.25) is 5.02 Å². The lowest BCUT2D eigenvalue weighted by atomic mass is 10.1. The highest BCUT2D eigenvalue weighted by Crippen LogP contribution is 2.32. The zero-order valence-corrected chi connectivity index (χ0v) is 14.4. The Hall–Kier alpha value is -1.69. The summed E-state index contributed by atoms with van der Waals surface area (Å²) in [6.45, 7) is 2.19. The van der Waals surface area contributed by atoms with E-state index in [1.807, 2.05) is 42.0 Å². The van der Waals surface area contributed by atoms with Crippen LogP contribution in [0.25, 0.3) is 16.4 Å². The van der Waals surface area contributed by atoms with Crippen LogP contribution < -0.4 is 0 Å². The summed E-state index contributed by atoms with van der Waals surface area (Å²) in [7, 11) is 0. The Morgan fingerprint density at radius 1 is 1.22 bits per heavy atom. The smallest absolute Gasteiger partial charge is 0.195 e. The molecule has 0 bridgehead atoms. The third-order valence-corrected chi connectivity index (χ3v) is 5.01. The van der Waals surface area contributed by atoms with Crippen LogP contribution in [-0.2, 0) is 6.42 Å². The maximum atomic E-state index is 9.01. The highest BCUT2D eigenvalue weighted by Gasteiger charge is 2.15. The average Bonchev–Trinajstić information content (AvgIpc) is 3.15. The van der Waals surface area contributed by atoms with Gasteiger partial charge >= 0.3 is 0 Å². The van der Waals surface area contributed by atoms with Gasteiger partial charge < -0.3 is 5.11 Å². The summed E-state index contributed by atoms with van der Waals surface area (Å²) in [4.78, 5) is 10.3. The van der Waals surface area contributed by atoms with Crippen molar-refractivity contribution < 1.29 is 5.11 Å². The molecule has 0 aliphatic heterocycles. The lowest BCUT2D eigenvalue weighted by Crippen LogP contribution is -1.94. The molecule has 0 atom stereocenters. The number of benzene rings is 1. The summed E-state index contributed by atoms with van der Waals surface area (Å²) in [5.41, 5.74) is 2.06. The van der Waals surface area contributed by atoms with E-state index in [0.717, 1.165) is 46.5 Å². The number of thiazole rings is 1. The van der Waals surface area contributed by atoms with Gasteiger partial charge in [-0.25, -0.2) is 9.97 Å². The van der Waals surface area contributed by atoms with Crippen molar-refractivity contribution in [1.29, 1.82) is 0 Å². The summed E-state index contributed by atoms with van der Waals surface area (Å²) in [5, 5.41) is 10.7. The molecule has 0 amide bonds. The fourth-order valence-corrected chi connectivity index (χ4v) is 3.70. The van der Waals surface area contributed by atoms with Gasteiger partial charge in [0.25, 0.3) is 0 Å². The fourth-order valence-electron chi connectivity index (χ4n) is 2.42. The first kappa shape index (κ1) is 16.2. The number of rotatable bonds is 6. The van der Waals surface area contributed by atoms with Gasteiger partial charge in [-0.05, 0) is 38.3 Å². The first-order valence-corrected chi connectivity index (χ1v) is 8.75. The topological polar surface area (TPSA) is 50.9 Å². The van der Waals surface area contributed by atoms with Crippen LogP contribution in [0.5, 0.6) is 0 Å². The SMILES string of the molecule is Cc1nccn1-c1nc(-c2ccc(Cl)cc2)c(CCCCO)s1. The van der Waals surface area contributed by atoms with Crippen molar-refractivity contribution in [1.82, 2.24) is 14.5 Å². The molecular weight excluding hydrogens is 330 g/mol. The molecule has 4 nitrogen and oxygen atoms in total. The number of aryl methyl sites for hydroxylation is 2. The molecule has 23 heavy (non-hydrogen) atoms. The molecule has 0 unspecified atom stereocenters. The Bertz CT molecular complexity index is 779. The van der Waals surface area contributed by atoms with Gasteiger partial charge in [-0.3, -0.25) is 4.57 Å². The van der Waals surface area contributed by atoms with E-state index in [4.69, 9.17) is 21.7 Å². The van der Waals surface area contributed by atoms with Gasteiger partial charge in [-0.15, -0.1) is 11.3 Å². The van der Waals surface area contributed by atoms with Crippen molar-refractivity contribution >= 4 is 22.9 Å². The summed E-state index contributed by atoms with van der Waals surface area (Å²) < 4.78 is 2.00. The Labute approximate surface area is 144 Å². The molecule has 0 spiro atoms. The third kappa shape index (κ3) is 3.63. The van der Waals surface area contributed by atoms with E-state index >= 15 is 0 Å². The molecule has 0 saturated carbocycles. The molecule has 3 aromatic rings. The van der Waals surface area contributed by atoms with Gasteiger partial charge in [0.1, 0.15) is 5.82 Å². The molecule has 1 aromatic carbocycles. The molecule has 1 N–H and O–H groups in total. The van der Waals surface area contributed by atoms with Gasteiger partial charge in [0.05, 0.1) is 5.69 Å². The number of aromatic nitrogens is 3. The van der Waals surface area contributed by atoms with Gasteiger partial charge in [-0.2, -0.15) is 0 Å². The van der Waals surface area contributed by atoms with E-state index in [1.165, 1.54) is 4.88 Å². The number of imidazole rings is 1. The summed E-state index contributed by atoms with van der Waals surface area (Å²) in [6, 6.07) is 7.76. The minimum atomic E-state index is 0.225. The van der Waals surface area contributed by atoms with Gasteiger partial charge in [0, 0.05) is 34.5 Å². The molecule has 2 aromatic heterocycles. The molecule has 3 rings (SSSR count). The third-order valence-electron chi connectivity index (χ3n) is 3.65. The molecule has 0 fully saturated rings. The Morgan fingerprint density at radius 2 is 2.00 bits per heavy atom. The number of halogens is 1. The van der Waals surface area contributed by atoms with E-state index < -0.39 is 0 Å². The second kappa shape index (κ2) is 7.25. The maximum Gasteiger partial charge on any atom is 0.195 e. The molecule has 120 valence electrons. The van der Waals surface area contributed by atoms with Gasteiger partial charge in [0.2, 0.25) is 0 Å². The van der Waals surface area contributed by atoms with E-state index in [2.05, 4.69) is 4.98 Å². The number of nitrogens with zero attached hydrogens (tertiary/aromatic N) is 3. The predicted molar refractivity (Wildman–Crippen MR) is 94.4 cm³/mol. The number of hydrogen-bond donors (Lipinski definition) is 1. The first-order valence-electron chi connectivity index (χ1n) is 7.56. The van der Waals surface area contributed by atoms with Crippen LogP contribution in [0, 0.1) is 6.92 Å². The first-order chi connectivity index (χ1) is 11.2. The molecule has 6 heteroatoms. The van der Waals surface area contributed by atoms with Crippen molar-refractivity contribution in [2.75, 3.05) is 6.61 Å². The molecular formula is C17H18ClN3OS. The standard InChI is InChI=1S/C17H18ClN3OS/c1-12-19-9-10-21(12)17-20-16(13-5-7-14(18)8-6-13)15(23-17)4-2-3-11-22/h5-10,22H,2-4,11H2,1H3. The lowest BCUT2D eigenvalue weighted by molar-refractivity contribution is 0.285. The maximum absolute atomic E-state index is 9.01. The van der Waals surface area contributed by atoms with Crippen molar-refractivity contribution in [3.8, 4) is 16.4 Å². The number of aliphatic hydroxyl groups is 1. The molecule has 0 aliphatic rings. The van der Waals surface area contributed by atoms with Gasteiger partial charge in [-0.1, -0.05) is 23.7 Å². The number of aliphatic hydroxyl groups excluding tert-OH is 1. The van der Waals surface area contributed by atoms with E-state index in [-0.39, 0.29) is 6.61 Å². The highest BCUT2D eigenvalue weighted by atomic mass is 35.5. The van der Waals surface area contributed by atoms with Crippen LogP contribution in [0.1, 0.15) is 23.5 Å². The molecule has 0 saturated heterocycles. The minimum absolute atomic E-state index is 0.225. The largest absolute Gasteiger partial charge is 0.396 e. The number of hydrogen-bond acceptors (Lipinski definition) is 4. The second-order valence-corrected chi connectivity index (χ2v) is 6.80. The van der Waals surface area contributed by atoms with Crippen molar-refractivity contribution in [3.05, 3.63) is 52.4 Å². The Balaban J connectivity index is 1.99. The summed E-state index contributed by atoms with van der Waals surface area (Å²) in [5.74, 6) is 0.920. The summed E-state index contributed by atoms with van der Waals surface area (Å²) >= 11 is 7.67. The van der Waals surface area contributed by atoms with Gasteiger partial charge in [0.15, 0.2) is 5.13 Å². The number of unbranched alkanes of at least 4 members (excludes halogenated alkanes) is 1. The van der Waals surface area contributed by atoms with Crippen molar-refractivity contribution in [2.24, 2.45) is 0 Å². The van der Waals surface area contributed by atoms with E-state index in [0.29, 0.717) is 0 Å². The molecule has 0 radical (unpaired) electrons. The Morgan fingerprint density at radius 3 is 2.65 bits per heavy atom. The summed E-state index contributed by atoms with van der Waals surface area (Å²) in [6.07, 6.45) is 6.37. The van der Waals surface area contributed by atoms with Crippen molar-refractivity contribution in [2.45, 2.75) is 26.2 Å². The second-order valence-electron chi connectivity index (χ2n) is 5.30. The lowest BCUT2D eigenvalue weighted by Gasteiger charge is -2.02. The average molecular weight is 348 g/mol. The monoisotopic (exact) mass is 347 g/mol. The molecule has 2 heterocycles. The van der Waals surface area contributed by atoms with Crippen LogP contribution in [-0.4, -0.2) is 26.2 Å². The van der Waals surface area contributed by atoms with Crippen LogP contribution in [0.15, 0.2) is 36.7 Å². The molecule has 0 aliphatic carbocycles. The quantitative estimate of drug-likeness (QED) is 0.677. The zero-order chi connectivity index (χ0) is 16.2. The van der Waals surface area contributed by atoms with Crippen LogP contribution >= 0.6 is 22.9 Å². The Kier molecular flexibility index (Phi) is 5.10. The van der Waals surface area contributed by atoms with E-state index in [1.54, 1.807) is 17.5 Å². The van der Waals surface area contributed by atoms with Crippen LogP contribution in [0.3, 0.4) is 0 Å².